The maximum atomic E-state index is 11.8. The highest BCUT2D eigenvalue weighted by Gasteiger charge is 2.27. The van der Waals surface area contributed by atoms with Gasteiger partial charge in [-0.15, -0.1) is 0 Å². The van der Waals surface area contributed by atoms with Gasteiger partial charge in [-0.05, 0) is 25.3 Å². The third-order valence-electron chi connectivity index (χ3n) is 2.86. The lowest BCUT2D eigenvalue weighted by atomic mass is 10.0. The van der Waals surface area contributed by atoms with Crippen LogP contribution in [-0.4, -0.2) is 35.6 Å². The maximum Gasteiger partial charge on any atom is 0.326 e. The summed E-state index contributed by atoms with van der Waals surface area (Å²) in [6.07, 6.45) is 2.89. The number of carbonyl (C=O) groups excluding carboxylic acids is 1. The standard InChI is InChI=1S/C11H20N2O3/c1-7(2)9(11(15)16)13-10(14)8-5-3-4-6-12-8/h7-9,12H,3-6H2,1-2H3,(H,13,14)(H,15,16). The molecule has 5 heteroatoms. The third-order valence-corrected chi connectivity index (χ3v) is 2.86. The van der Waals surface area contributed by atoms with Gasteiger partial charge in [0.15, 0.2) is 0 Å². The van der Waals surface area contributed by atoms with Crippen LogP contribution in [0.1, 0.15) is 33.1 Å². The fraction of sp³-hybridized carbons (Fsp3) is 0.818. The Balaban J connectivity index is 2.50. The van der Waals surface area contributed by atoms with Crippen LogP contribution in [0.15, 0.2) is 0 Å². The molecule has 1 aliphatic heterocycles. The van der Waals surface area contributed by atoms with Gasteiger partial charge in [0.05, 0.1) is 6.04 Å². The number of nitrogens with one attached hydrogen (secondary N) is 2. The summed E-state index contributed by atoms with van der Waals surface area (Å²) in [5.74, 6) is -1.27. The third kappa shape index (κ3) is 3.48. The molecule has 0 aliphatic carbocycles. The fourth-order valence-electron chi connectivity index (χ4n) is 1.84. The molecule has 1 rings (SSSR count). The van der Waals surface area contributed by atoms with Crippen molar-refractivity contribution in [2.45, 2.75) is 45.2 Å². The Bertz CT molecular complexity index is 260. The van der Waals surface area contributed by atoms with Gasteiger partial charge in [0.25, 0.3) is 0 Å². The van der Waals surface area contributed by atoms with Crippen LogP contribution >= 0.6 is 0 Å². The quantitative estimate of drug-likeness (QED) is 0.649. The molecule has 0 aromatic rings. The first-order chi connectivity index (χ1) is 7.52. The van der Waals surface area contributed by atoms with Crippen molar-refractivity contribution in [3.63, 3.8) is 0 Å². The Kier molecular flexibility index (Phi) is 4.73. The number of rotatable bonds is 4. The van der Waals surface area contributed by atoms with Gasteiger partial charge in [0, 0.05) is 0 Å². The monoisotopic (exact) mass is 228 g/mol. The molecular weight excluding hydrogens is 208 g/mol. The molecule has 0 saturated carbocycles. The molecule has 0 aromatic heterocycles. The molecule has 5 nitrogen and oxygen atoms in total. The molecule has 3 N–H and O–H groups in total. The van der Waals surface area contributed by atoms with E-state index in [0.717, 1.165) is 25.8 Å². The van der Waals surface area contributed by atoms with Crippen LogP contribution in [0.25, 0.3) is 0 Å². The van der Waals surface area contributed by atoms with Crippen molar-refractivity contribution < 1.29 is 14.7 Å². The molecule has 1 heterocycles. The maximum absolute atomic E-state index is 11.8. The first-order valence-electron chi connectivity index (χ1n) is 5.79. The smallest absolute Gasteiger partial charge is 0.326 e. The number of amides is 1. The van der Waals surface area contributed by atoms with E-state index in [1.807, 2.05) is 0 Å². The average molecular weight is 228 g/mol. The van der Waals surface area contributed by atoms with Crippen LogP contribution in [0.5, 0.6) is 0 Å². The first-order valence-corrected chi connectivity index (χ1v) is 5.79. The van der Waals surface area contributed by atoms with Crippen molar-refractivity contribution in [1.82, 2.24) is 10.6 Å². The Labute approximate surface area is 95.6 Å². The summed E-state index contributed by atoms with van der Waals surface area (Å²) < 4.78 is 0. The number of carboxylic acid groups (broad SMARTS) is 1. The van der Waals surface area contributed by atoms with Gasteiger partial charge in [0.1, 0.15) is 6.04 Å². The lowest BCUT2D eigenvalue weighted by Crippen LogP contribution is -2.53. The molecule has 0 spiro atoms. The molecule has 1 fully saturated rings. The first kappa shape index (κ1) is 13.0. The van der Waals surface area contributed by atoms with Gasteiger partial charge in [0.2, 0.25) is 5.91 Å². The second kappa shape index (κ2) is 5.84. The van der Waals surface area contributed by atoms with Gasteiger partial charge in [-0.3, -0.25) is 4.79 Å². The summed E-state index contributed by atoms with van der Waals surface area (Å²) >= 11 is 0. The normalized spacial score (nSPS) is 22.8. The van der Waals surface area contributed by atoms with Gasteiger partial charge >= 0.3 is 5.97 Å². The molecule has 92 valence electrons. The molecule has 2 unspecified atom stereocenters. The number of carboxylic acids is 1. The topological polar surface area (TPSA) is 78.4 Å². The Hall–Kier alpha value is -1.10. The molecule has 0 aromatic carbocycles. The summed E-state index contributed by atoms with van der Waals surface area (Å²) in [4.78, 5) is 22.7. The lowest BCUT2D eigenvalue weighted by Gasteiger charge is -2.25. The minimum Gasteiger partial charge on any atom is -0.480 e. The minimum absolute atomic E-state index is 0.106. The van der Waals surface area contributed by atoms with E-state index in [1.165, 1.54) is 0 Å². The second-order valence-electron chi connectivity index (χ2n) is 4.57. The van der Waals surface area contributed by atoms with Crippen LogP contribution in [0.4, 0.5) is 0 Å². The van der Waals surface area contributed by atoms with Crippen LogP contribution in [0, 0.1) is 5.92 Å². The summed E-state index contributed by atoms with van der Waals surface area (Å²) in [5, 5.41) is 14.6. The van der Waals surface area contributed by atoms with Crippen molar-refractivity contribution in [3.8, 4) is 0 Å². The molecule has 0 bridgehead atoms. The number of carbonyl (C=O) groups is 2. The predicted molar refractivity (Wildman–Crippen MR) is 60.0 cm³/mol. The average Bonchev–Trinajstić information content (AvgIpc) is 2.25. The number of hydrogen-bond acceptors (Lipinski definition) is 3. The molecule has 1 saturated heterocycles. The largest absolute Gasteiger partial charge is 0.480 e. The Morgan fingerprint density at radius 1 is 1.38 bits per heavy atom. The zero-order valence-electron chi connectivity index (χ0n) is 9.82. The van der Waals surface area contributed by atoms with Crippen LogP contribution < -0.4 is 10.6 Å². The summed E-state index contributed by atoms with van der Waals surface area (Å²) in [6, 6.07) is -1.02. The van der Waals surface area contributed by atoms with Crippen LogP contribution in [-0.2, 0) is 9.59 Å². The van der Waals surface area contributed by atoms with Crippen molar-refractivity contribution in [2.75, 3.05) is 6.54 Å². The molecule has 16 heavy (non-hydrogen) atoms. The molecule has 1 aliphatic rings. The van der Waals surface area contributed by atoms with Crippen molar-refractivity contribution >= 4 is 11.9 Å². The molecular formula is C11H20N2O3. The zero-order valence-corrected chi connectivity index (χ0v) is 9.82. The predicted octanol–water partition coefficient (Wildman–Crippen LogP) is 0.354. The van der Waals surface area contributed by atoms with Crippen LogP contribution in [0.3, 0.4) is 0 Å². The van der Waals surface area contributed by atoms with Gasteiger partial charge in [-0.1, -0.05) is 20.3 Å². The van der Waals surface area contributed by atoms with E-state index in [9.17, 15) is 9.59 Å². The van der Waals surface area contributed by atoms with Gasteiger partial charge < -0.3 is 15.7 Å². The second-order valence-corrected chi connectivity index (χ2v) is 4.57. The van der Waals surface area contributed by atoms with E-state index in [2.05, 4.69) is 10.6 Å². The molecule has 0 radical (unpaired) electrons. The highest BCUT2D eigenvalue weighted by Crippen LogP contribution is 2.08. The van der Waals surface area contributed by atoms with Crippen molar-refractivity contribution in [1.29, 1.82) is 0 Å². The van der Waals surface area contributed by atoms with E-state index in [4.69, 9.17) is 5.11 Å². The molecule has 2 atom stereocenters. The minimum atomic E-state index is -0.973. The Morgan fingerprint density at radius 3 is 2.50 bits per heavy atom. The van der Waals surface area contributed by atoms with E-state index < -0.39 is 12.0 Å². The SMILES string of the molecule is CC(C)C(NC(=O)C1CCCCN1)C(=O)O. The van der Waals surface area contributed by atoms with E-state index >= 15 is 0 Å². The summed E-state index contributed by atoms with van der Waals surface area (Å²) in [5.41, 5.74) is 0. The molecule has 1 amide bonds. The number of hydrogen-bond donors (Lipinski definition) is 3. The highest BCUT2D eigenvalue weighted by molar-refractivity contribution is 5.87. The van der Waals surface area contributed by atoms with Gasteiger partial charge in [-0.2, -0.15) is 0 Å². The van der Waals surface area contributed by atoms with Crippen molar-refractivity contribution in [2.24, 2.45) is 5.92 Å². The summed E-state index contributed by atoms with van der Waals surface area (Å²) in [6.45, 7) is 4.40. The van der Waals surface area contributed by atoms with E-state index in [-0.39, 0.29) is 17.9 Å². The van der Waals surface area contributed by atoms with Crippen LogP contribution in [0.2, 0.25) is 0 Å². The van der Waals surface area contributed by atoms with E-state index in [1.54, 1.807) is 13.8 Å². The number of aliphatic carboxylic acids is 1. The fourth-order valence-corrected chi connectivity index (χ4v) is 1.84. The lowest BCUT2D eigenvalue weighted by molar-refractivity contribution is -0.143. The zero-order chi connectivity index (χ0) is 12.1. The van der Waals surface area contributed by atoms with Crippen molar-refractivity contribution in [3.05, 3.63) is 0 Å². The number of piperidine rings is 1. The van der Waals surface area contributed by atoms with Gasteiger partial charge in [-0.25, -0.2) is 4.79 Å². The summed E-state index contributed by atoms with van der Waals surface area (Å²) in [7, 11) is 0. The highest BCUT2D eigenvalue weighted by atomic mass is 16.4. The Morgan fingerprint density at radius 2 is 2.06 bits per heavy atom. The van der Waals surface area contributed by atoms with E-state index in [0.29, 0.717) is 0 Å².